The second-order valence-corrected chi connectivity index (χ2v) is 6.56. The minimum atomic E-state index is -0.264. The number of pyridine rings is 1. The van der Waals surface area contributed by atoms with E-state index in [4.69, 9.17) is 4.74 Å². The molecule has 0 spiro atoms. The first-order valence-electron chi connectivity index (χ1n) is 9.01. The lowest BCUT2D eigenvalue weighted by atomic mass is 10.2. The fraction of sp³-hybridized carbons (Fsp3) is 0.350. The molecule has 0 radical (unpaired) electrons. The van der Waals surface area contributed by atoms with Gasteiger partial charge in [0.05, 0.1) is 18.4 Å². The lowest BCUT2D eigenvalue weighted by Gasteiger charge is -2.19. The summed E-state index contributed by atoms with van der Waals surface area (Å²) in [6.07, 6.45) is 3.06. The highest BCUT2D eigenvalue weighted by atomic mass is 16.5. The predicted molar refractivity (Wildman–Crippen MR) is 104 cm³/mol. The highest BCUT2D eigenvalue weighted by Gasteiger charge is 2.21. The number of carbonyl (C=O) groups is 2. The number of aryl methyl sites for hydroxylation is 1. The van der Waals surface area contributed by atoms with Gasteiger partial charge in [0, 0.05) is 20.0 Å². The van der Waals surface area contributed by atoms with Crippen LogP contribution in [-0.2, 0) is 4.79 Å². The number of anilines is 2. The predicted octanol–water partition coefficient (Wildman–Crippen LogP) is 3.06. The van der Waals surface area contributed by atoms with Crippen LogP contribution in [0.5, 0.6) is 5.75 Å². The molecule has 0 atom stereocenters. The van der Waals surface area contributed by atoms with Crippen molar-refractivity contribution in [1.82, 2.24) is 9.88 Å². The summed E-state index contributed by atoms with van der Waals surface area (Å²) in [5.74, 6) is 1.34. The number of amides is 3. The molecule has 0 unspecified atom stereocenters. The second-order valence-electron chi connectivity index (χ2n) is 6.56. The zero-order chi connectivity index (χ0) is 19.2. The Labute approximate surface area is 158 Å². The maximum absolute atomic E-state index is 12.2. The van der Waals surface area contributed by atoms with Crippen molar-refractivity contribution in [2.24, 2.45) is 0 Å². The van der Waals surface area contributed by atoms with Crippen LogP contribution in [0.4, 0.5) is 16.3 Å². The Morgan fingerprint density at radius 2 is 2.04 bits per heavy atom. The maximum atomic E-state index is 12.2. The first-order valence-corrected chi connectivity index (χ1v) is 9.01. The van der Waals surface area contributed by atoms with Crippen LogP contribution >= 0.6 is 0 Å². The van der Waals surface area contributed by atoms with E-state index in [1.54, 1.807) is 30.3 Å². The van der Waals surface area contributed by atoms with Crippen LogP contribution in [0.3, 0.4) is 0 Å². The molecule has 2 heterocycles. The minimum absolute atomic E-state index is 0.113. The molecule has 3 rings (SSSR count). The normalized spacial score (nSPS) is 13.6. The van der Waals surface area contributed by atoms with Gasteiger partial charge < -0.3 is 14.5 Å². The number of carbonyl (C=O) groups excluding carboxylic acids is 2. The average molecular weight is 368 g/mol. The van der Waals surface area contributed by atoms with Gasteiger partial charge in [-0.05, 0) is 37.6 Å². The zero-order valence-electron chi connectivity index (χ0n) is 15.6. The van der Waals surface area contributed by atoms with Crippen molar-refractivity contribution >= 4 is 23.4 Å². The third-order valence-corrected chi connectivity index (χ3v) is 4.43. The van der Waals surface area contributed by atoms with Crippen LogP contribution in [0.15, 0.2) is 42.6 Å². The van der Waals surface area contributed by atoms with E-state index in [2.05, 4.69) is 10.3 Å². The summed E-state index contributed by atoms with van der Waals surface area (Å²) in [7, 11) is 1.70. The van der Waals surface area contributed by atoms with Crippen molar-refractivity contribution in [3.05, 3.63) is 48.2 Å². The maximum Gasteiger partial charge on any atom is 0.322 e. The lowest BCUT2D eigenvalue weighted by Crippen LogP contribution is -2.34. The van der Waals surface area contributed by atoms with Gasteiger partial charge in [0.25, 0.3) is 0 Å². The van der Waals surface area contributed by atoms with Crippen LogP contribution in [0.1, 0.15) is 18.4 Å². The number of nitrogens with zero attached hydrogens (tertiary/aromatic N) is 3. The van der Waals surface area contributed by atoms with E-state index >= 15 is 0 Å². The van der Waals surface area contributed by atoms with Gasteiger partial charge in [0.1, 0.15) is 18.2 Å². The van der Waals surface area contributed by atoms with E-state index in [0.717, 1.165) is 24.4 Å². The molecule has 1 N–H and O–H groups in total. The fourth-order valence-corrected chi connectivity index (χ4v) is 2.78. The van der Waals surface area contributed by atoms with Crippen molar-refractivity contribution in [3.63, 3.8) is 0 Å². The SMILES string of the molecule is Cc1ccc(OCCN(C)C(=O)Nc2ccc(N3CCCC3=O)cn2)cc1. The number of likely N-dealkylation sites (N-methyl/N-ethyl adjacent to an activating group) is 1. The molecule has 0 saturated carbocycles. The zero-order valence-corrected chi connectivity index (χ0v) is 15.6. The molecule has 2 aromatic rings. The molecule has 7 nitrogen and oxygen atoms in total. The Balaban J connectivity index is 1.46. The van der Waals surface area contributed by atoms with Gasteiger partial charge in [-0.25, -0.2) is 9.78 Å². The number of rotatable bonds is 6. The molecule has 142 valence electrons. The summed E-state index contributed by atoms with van der Waals surface area (Å²) in [4.78, 5) is 31.5. The van der Waals surface area contributed by atoms with Crippen LogP contribution < -0.4 is 15.0 Å². The number of benzene rings is 1. The Hall–Kier alpha value is -3.09. The molecule has 1 aromatic carbocycles. The summed E-state index contributed by atoms with van der Waals surface area (Å²) in [6, 6.07) is 11.0. The first-order chi connectivity index (χ1) is 13.0. The summed E-state index contributed by atoms with van der Waals surface area (Å²) < 4.78 is 5.64. The molecule has 1 aromatic heterocycles. The van der Waals surface area contributed by atoms with Crippen molar-refractivity contribution in [3.8, 4) is 5.75 Å². The van der Waals surface area contributed by atoms with Crippen LogP contribution in [0, 0.1) is 6.92 Å². The van der Waals surface area contributed by atoms with E-state index in [-0.39, 0.29) is 11.9 Å². The average Bonchev–Trinajstić information content (AvgIpc) is 3.10. The van der Waals surface area contributed by atoms with E-state index in [0.29, 0.717) is 25.4 Å². The van der Waals surface area contributed by atoms with Gasteiger partial charge in [-0.2, -0.15) is 0 Å². The third-order valence-electron chi connectivity index (χ3n) is 4.43. The molecule has 1 saturated heterocycles. The van der Waals surface area contributed by atoms with Gasteiger partial charge in [0.2, 0.25) is 5.91 Å². The Morgan fingerprint density at radius 3 is 2.67 bits per heavy atom. The third kappa shape index (κ3) is 4.97. The molecule has 27 heavy (non-hydrogen) atoms. The van der Waals surface area contributed by atoms with Crippen molar-refractivity contribution in [2.75, 3.05) is 37.0 Å². The Morgan fingerprint density at radius 1 is 1.26 bits per heavy atom. The van der Waals surface area contributed by atoms with Crippen molar-refractivity contribution in [1.29, 1.82) is 0 Å². The van der Waals surface area contributed by atoms with Crippen LogP contribution in [-0.4, -0.2) is 48.6 Å². The molecular weight excluding hydrogens is 344 g/mol. The van der Waals surface area contributed by atoms with E-state index < -0.39 is 0 Å². The highest BCUT2D eigenvalue weighted by Crippen LogP contribution is 2.21. The van der Waals surface area contributed by atoms with E-state index in [1.165, 1.54) is 10.5 Å². The Kier molecular flexibility index (Phi) is 5.90. The molecule has 0 aliphatic carbocycles. The highest BCUT2D eigenvalue weighted by molar-refractivity contribution is 5.95. The van der Waals surface area contributed by atoms with Gasteiger partial charge in [-0.1, -0.05) is 17.7 Å². The van der Waals surface area contributed by atoms with E-state index in [1.807, 2.05) is 31.2 Å². The number of urea groups is 1. The number of nitrogens with one attached hydrogen (secondary N) is 1. The van der Waals surface area contributed by atoms with Crippen molar-refractivity contribution < 1.29 is 14.3 Å². The number of hydrogen-bond acceptors (Lipinski definition) is 4. The summed E-state index contributed by atoms with van der Waals surface area (Å²) >= 11 is 0. The molecule has 7 heteroatoms. The molecule has 0 bridgehead atoms. The standard InChI is InChI=1S/C20H24N4O3/c1-15-5-8-17(9-6-15)27-13-12-23(2)20(26)22-18-10-7-16(14-21-18)24-11-3-4-19(24)25/h5-10,14H,3-4,11-13H2,1-2H3,(H,21,22,26). The smallest absolute Gasteiger partial charge is 0.322 e. The quantitative estimate of drug-likeness (QED) is 0.850. The van der Waals surface area contributed by atoms with Gasteiger partial charge in [-0.3, -0.25) is 10.1 Å². The second kappa shape index (κ2) is 8.53. The molecule has 1 aliphatic heterocycles. The fourth-order valence-electron chi connectivity index (χ4n) is 2.78. The monoisotopic (exact) mass is 368 g/mol. The number of aromatic nitrogens is 1. The molecule has 1 fully saturated rings. The minimum Gasteiger partial charge on any atom is -0.492 e. The topological polar surface area (TPSA) is 74.8 Å². The summed E-state index contributed by atoms with van der Waals surface area (Å²) in [6.45, 7) is 3.58. The van der Waals surface area contributed by atoms with Crippen LogP contribution in [0.2, 0.25) is 0 Å². The number of hydrogen-bond donors (Lipinski definition) is 1. The van der Waals surface area contributed by atoms with E-state index in [9.17, 15) is 9.59 Å². The molecule has 1 aliphatic rings. The summed E-state index contributed by atoms with van der Waals surface area (Å²) in [5, 5.41) is 2.74. The lowest BCUT2D eigenvalue weighted by molar-refractivity contribution is -0.117. The molecule has 3 amide bonds. The van der Waals surface area contributed by atoms with Gasteiger partial charge >= 0.3 is 6.03 Å². The van der Waals surface area contributed by atoms with Crippen LogP contribution in [0.25, 0.3) is 0 Å². The molecular formula is C20H24N4O3. The van der Waals surface area contributed by atoms with Gasteiger partial charge in [0.15, 0.2) is 0 Å². The summed E-state index contributed by atoms with van der Waals surface area (Å²) in [5.41, 5.74) is 1.93. The number of ether oxygens (including phenoxy) is 1. The van der Waals surface area contributed by atoms with Gasteiger partial charge in [-0.15, -0.1) is 0 Å². The van der Waals surface area contributed by atoms with Crippen molar-refractivity contribution in [2.45, 2.75) is 19.8 Å². The largest absolute Gasteiger partial charge is 0.492 e. The first kappa shape index (κ1) is 18.7. The Bertz CT molecular complexity index is 790.